The van der Waals surface area contributed by atoms with Crippen molar-refractivity contribution < 1.29 is 4.79 Å². The van der Waals surface area contributed by atoms with Gasteiger partial charge in [-0.05, 0) is 31.5 Å². The van der Waals surface area contributed by atoms with Crippen LogP contribution < -0.4 is 11.1 Å². The number of likely N-dealkylation sites (tertiary alicyclic amines) is 1. The molecule has 0 bridgehead atoms. The molecule has 1 saturated heterocycles. The van der Waals surface area contributed by atoms with Gasteiger partial charge in [-0.1, -0.05) is 6.07 Å². The first-order chi connectivity index (χ1) is 10.7. The Hall–Kier alpha value is -1.99. The number of rotatable bonds is 5. The predicted molar refractivity (Wildman–Crippen MR) is 87.2 cm³/mol. The lowest BCUT2D eigenvalue weighted by Crippen LogP contribution is -2.40. The Morgan fingerprint density at radius 1 is 1.50 bits per heavy atom. The maximum Gasteiger partial charge on any atom is 0.231 e. The van der Waals surface area contributed by atoms with E-state index >= 15 is 0 Å². The summed E-state index contributed by atoms with van der Waals surface area (Å²) in [6.07, 6.45) is 3.92. The molecule has 7 heteroatoms. The van der Waals surface area contributed by atoms with Crippen LogP contribution in [0.5, 0.6) is 0 Å². The normalized spacial score (nSPS) is 19.0. The Labute approximate surface area is 133 Å². The average Bonchev–Trinajstić information content (AvgIpc) is 2.96. The maximum atomic E-state index is 11.1. The van der Waals surface area contributed by atoms with E-state index in [1.54, 1.807) is 17.5 Å². The van der Waals surface area contributed by atoms with Gasteiger partial charge in [-0.3, -0.25) is 9.69 Å². The van der Waals surface area contributed by atoms with E-state index < -0.39 is 0 Å². The summed E-state index contributed by atoms with van der Waals surface area (Å²) in [6, 6.07) is 5.73. The molecule has 0 radical (unpaired) electrons. The number of hydrogen-bond acceptors (Lipinski definition) is 6. The highest BCUT2D eigenvalue weighted by Crippen LogP contribution is 2.30. The molecule has 2 aromatic heterocycles. The molecule has 1 fully saturated rings. The third-order valence-electron chi connectivity index (χ3n) is 3.73. The zero-order valence-electron chi connectivity index (χ0n) is 12.2. The van der Waals surface area contributed by atoms with Crippen LogP contribution in [0.1, 0.15) is 24.5 Å². The molecule has 2 aromatic rings. The van der Waals surface area contributed by atoms with Crippen LogP contribution in [-0.4, -0.2) is 40.4 Å². The summed E-state index contributed by atoms with van der Waals surface area (Å²) in [7, 11) is 0. The van der Waals surface area contributed by atoms with E-state index in [9.17, 15) is 4.79 Å². The van der Waals surface area contributed by atoms with Gasteiger partial charge in [0.1, 0.15) is 5.82 Å². The molecular formula is C15H19N5OS. The molecule has 3 heterocycles. The molecular weight excluding hydrogens is 298 g/mol. The molecule has 1 aliphatic rings. The third kappa shape index (κ3) is 3.80. The second-order valence-electron chi connectivity index (χ2n) is 5.46. The Bertz CT molecular complexity index is 630. The maximum absolute atomic E-state index is 11.1. The average molecular weight is 317 g/mol. The van der Waals surface area contributed by atoms with Crippen molar-refractivity contribution >= 4 is 28.2 Å². The summed E-state index contributed by atoms with van der Waals surface area (Å²) in [5.41, 5.74) is 6.37. The van der Waals surface area contributed by atoms with E-state index in [4.69, 9.17) is 5.73 Å². The minimum Gasteiger partial charge on any atom is -0.369 e. The fraction of sp³-hybridized carbons (Fsp3) is 0.400. The highest BCUT2D eigenvalue weighted by atomic mass is 32.1. The summed E-state index contributed by atoms with van der Waals surface area (Å²) in [4.78, 5) is 22.1. The molecule has 0 aliphatic carbocycles. The number of nitrogens with two attached hydrogens (primary N) is 1. The number of amides is 1. The molecule has 0 saturated carbocycles. The van der Waals surface area contributed by atoms with Crippen LogP contribution in [0.15, 0.2) is 29.8 Å². The lowest BCUT2D eigenvalue weighted by atomic mass is 9.95. The first-order valence-corrected chi connectivity index (χ1v) is 8.23. The fourth-order valence-electron chi connectivity index (χ4n) is 2.74. The van der Waals surface area contributed by atoms with E-state index in [-0.39, 0.29) is 5.91 Å². The predicted octanol–water partition coefficient (Wildman–Crippen LogP) is 1.95. The molecule has 1 aliphatic heterocycles. The number of carbonyl (C=O) groups is 1. The van der Waals surface area contributed by atoms with Crippen molar-refractivity contribution in [3.63, 3.8) is 0 Å². The van der Waals surface area contributed by atoms with Crippen LogP contribution >= 0.6 is 11.3 Å². The number of hydrogen-bond donors (Lipinski definition) is 2. The molecule has 0 aromatic carbocycles. The highest BCUT2D eigenvalue weighted by molar-refractivity contribution is 7.13. The second kappa shape index (κ2) is 6.85. The second-order valence-corrected chi connectivity index (χ2v) is 6.32. The van der Waals surface area contributed by atoms with Gasteiger partial charge in [0.25, 0.3) is 0 Å². The SMILES string of the molecule is NC(=O)CN1CCC[C@H](c2csc(Nc3ccccn3)n2)C1. The molecule has 3 rings (SSSR count). The van der Waals surface area contributed by atoms with Gasteiger partial charge in [0.15, 0.2) is 5.13 Å². The van der Waals surface area contributed by atoms with Gasteiger partial charge in [0, 0.05) is 24.0 Å². The van der Waals surface area contributed by atoms with Gasteiger partial charge in [-0.2, -0.15) is 0 Å². The molecule has 1 atom stereocenters. The van der Waals surface area contributed by atoms with Crippen LogP contribution in [0.25, 0.3) is 0 Å². The quantitative estimate of drug-likeness (QED) is 0.880. The summed E-state index contributed by atoms with van der Waals surface area (Å²) in [6.45, 7) is 2.11. The standard InChI is InChI=1S/C15H19N5OS/c16-13(21)9-20-7-3-4-11(8-20)12-10-22-15(18-12)19-14-5-1-2-6-17-14/h1-2,5-6,10-11H,3-4,7-9H2,(H2,16,21)(H,17,18,19)/t11-/m0/s1. The number of nitrogens with one attached hydrogen (secondary N) is 1. The third-order valence-corrected chi connectivity index (χ3v) is 4.50. The van der Waals surface area contributed by atoms with Gasteiger partial charge in [0.2, 0.25) is 5.91 Å². The molecule has 3 N–H and O–H groups in total. The highest BCUT2D eigenvalue weighted by Gasteiger charge is 2.24. The van der Waals surface area contributed by atoms with Crippen LogP contribution in [0, 0.1) is 0 Å². The Balaban J connectivity index is 1.64. The largest absolute Gasteiger partial charge is 0.369 e. The molecule has 22 heavy (non-hydrogen) atoms. The van der Waals surface area contributed by atoms with Crippen LogP contribution in [0.2, 0.25) is 0 Å². The minimum atomic E-state index is -0.267. The lowest BCUT2D eigenvalue weighted by Gasteiger charge is -2.30. The van der Waals surface area contributed by atoms with Crippen molar-refractivity contribution in [3.05, 3.63) is 35.5 Å². The van der Waals surface area contributed by atoms with E-state index in [1.165, 1.54) is 0 Å². The first-order valence-electron chi connectivity index (χ1n) is 7.35. The van der Waals surface area contributed by atoms with Crippen molar-refractivity contribution in [1.29, 1.82) is 0 Å². The number of pyridine rings is 1. The Morgan fingerprint density at radius 3 is 3.18 bits per heavy atom. The first kappa shape index (κ1) is 14.9. The summed E-state index contributed by atoms with van der Waals surface area (Å²) in [5, 5.41) is 6.15. The smallest absolute Gasteiger partial charge is 0.231 e. The van der Waals surface area contributed by atoms with E-state index in [0.717, 1.165) is 42.6 Å². The zero-order valence-corrected chi connectivity index (χ0v) is 13.1. The molecule has 1 amide bonds. The monoisotopic (exact) mass is 317 g/mol. The topological polar surface area (TPSA) is 84.1 Å². The number of carbonyl (C=O) groups excluding carboxylic acids is 1. The molecule has 116 valence electrons. The minimum absolute atomic E-state index is 0.267. The number of piperidine rings is 1. The van der Waals surface area contributed by atoms with E-state index in [0.29, 0.717) is 12.5 Å². The number of primary amides is 1. The summed E-state index contributed by atoms with van der Waals surface area (Å²) in [5.74, 6) is 0.891. The number of thiazole rings is 1. The fourth-order valence-corrected chi connectivity index (χ4v) is 3.54. The van der Waals surface area contributed by atoms with Gasteiger partial charge < -0.3 is 11.1 Å². The zero-order chi connectivity index (χ0) is 15.4. The molecule has 0 unspecified atom stereocenters. The molecule has 0 spiro atoms. The van der Waals surface area contributed by atoms with Gasteiger partial charge in [-0.25, -0.2) is 9.97 Å². The van der Waals surface area contributed by atoms with Crippen LogP contribution in [0.3, 0.4) is 0 Å². The summed E-state index contributed by atoms with van der Waals surface area (Å²) < 4.78 is 0. The number of anilines is 2. The van der Waals surface area contributed by atoms with Crippen molar-refractivity contribution in [2.45, 2.75) is 18.8 Å². The summed E-state index contributed by atoms with van der Waals surface area (Å²) >= 11 is 1.58. The van der Waals surface area contributed by atoms with Crippen LogP contribution in [-0.2, 0) is 4.79 Å². The Kier molecular flexibility index (Phi) is 4.65. The van der Waals surface area contributed by atoms with E-state index in [2.05, 4.69) is 25.6 Å². The lowest BCUT2D eigenvalue weighted by molar-refractivity contribution is -0.119. The van der Waals surface area contributed by atoms with Crippen LogP contribution in [0.4, 0.5) is 10.9 Å². The van der Waals surface area contributed by atoms with Crippen molar-refractivity contribution in [2.75, 3.05) is 25.0 Å². The van der Waals surface area contributed by atoms with Crippen molar-refractivity contribution in [3.8, 4) is 0 Å². The van der Waals surface area contributed by atoms with Gasteiger partial charge >= 0.3 is 0 Å². The van der Waals surface area contributed by atoms with Crippen molar-refractivity contribution in [2.24, 2.45) is 5.73 Å². The molecule has 6 nitrogen and oxygen atoms in total. The Morgan fingerprint density at radius 2 is 2.41 bits per heavy atom. The number of nitrogens with zero attached hydrogens (tertiary/aromatic N) is 3. The van der Waals surface area contributed by atoms with E-state index in [1.807, 2.05) is 18.2 Å². The van der Waals surface area contributed by atoms with Gasteiger partial charge in [0.05, 0.1) is 12.2 Å². The number of aromatic nitrogens is 2. The van der Waals surface area contributed by atoms with Crippen molar-refractivity contribution in [1.82, 2.24) is 14.9 Å². The van der Waals surface area contributed by atoms with Gasteiger partial charge in [-0.15, -0.1) is 11.3 Å².